The molecule has 0 atom stereocenters. The van der Waals surface area contributed by atoms with Gasteiger partial charge < -0.3 is 10.6 Å². The van der Waals surface area contributed by atoms with Gasteiger partial charge in [0.2, 0.25) is 0 Å². The van der Waals surface area contributed by atoms with Crippen molar-refractivity contribution in [2.24, 2.45) is 0 Å². The summed E-state index contributed by atoms with van der Waals surface area (Å²) in [6.45, 7) is 5.80. The van der Waals surface area contributed by atoms with E-state index in [1.807, 2.05) is 37.4 Å². The van der Waals surface area contributed by atoms with Crippen molar-refractivity contribution in [2.45, 2.75) is 26.8 Å². The molecule has 2 aromatic heterocycles. The number of hydrogen-bond acceptors (Lipinski definition) is 4. The van der Waals surface area contributed by atoms with Crippen LogP contribution in [0.5, 0.6) is 0 Å². The molecule has 0 bridgehead atoms. The molecule has 0 unspecified atom stereocenters. The van der Waals surface area contributed by atoms with Gasteiger partial charge >= 0.3 is 0 Å². The molecule has 0 spiro atoms. The smallest absolute Gasteiger partial charge is 0.128 e. The third-order valence-electron chi connectivity index (χ3n) is 2.75. The normalized spacial score (nSPS) is 10.2. The molecule has 0 radical (unpaired) electrons. The van der Waals surface area contributed by atoms with Crippen molar-refractivity contribution in [1.29, 1.82) is 0 Å². The molecule has 2 heterocycles. The number of hydrogen-bond donors (Lipinski definition) is 2. The molecule has 0 amide bonds. The van der Waals surface area contributed by atoms with Gasteiger partial charge in [-0.25, -0.2) is 4.98 Å². The largest absolute Gasteiger partial charge is 0.370 e. The van der Waals surface area contributed by atoms with Crippen LogP contribution < -0.4 is 10.6 Å². The number of nitrogens with one attached hydrogen (secondary N) is 2. The van der Waals surface area contributed by atoms with Crippen LogP contribution in [0.1, 0.15) is 24.6 Å². The lowest BCUT2D eigenvalue weighted by Crippen LogP contribution is -2.05. The maximum atomic E-state index is 4.50. The fourth-order valence-corrected chi connectivity index (χ4v) is 1.68. The van der Waals surface area contributed by atoms with E-state index in [2.05, 4.69) is 33.6 Å². The van der Waals surface area contributed by atoms with Crippen LogP contribution >= 0.6 is 0 Å². The summed E-state index contributed by atoms with van der Waals surface area (Å²) in [6, 6.07) is 10.0. The summed E-state index contributed by atoms with van der Waals surface area (Å²) in [5.41, 5.74) is 2.19. The van der Waals surface area contributed by atoms with E-state index in [0.717, 1.165) is 42.4 Å². The average Bonchev–Trinajstić information content (AvgIpc) is 2.45. The Labute approximate surface area is 114 Å². The Bertz CT molecular complexity index is 508. The Kier molecular flexibility index (Phi) is 4.72. The predicted octanol–water partition coefficient (Wildman–Crippen LogP) is 3.22. The molecule has 2 rings (SSSR count). The molecule has 0 aromatic carbocycles. The van der Waals surface area contributed by atoms with Gasteiger partial charge in [-0.15, -0.1) is 0 Å². The van der Waals surface area contributed by atoms with Crippen molar-refractivity contribution in [3.05, 3.63) is 47.8 Å². The number of rotatable bonds is 6. The van der Waals surface area contributed by atoms with E-state index in [0.29, 0.717) is 0 Å². The molecule has 0 aliphatic carbocycles. The zero-order chi connectivity index (χ0) is 13.5. The van der Waals surface area contributed by atoms with Crippen LogP contribution in [0.4, 0.5) is 11.6 Å². The second kappa shape index (κ2) is 6.73. The van der Waals surface area contributed by atoms with Crippen LogP contribution in [0, 0.1) is 6.92 Å². The molecular weight excluding hydrogens is 236 g/mol. The van der Waals surface area contributed by atoms with E-state index < -0.39 is 0 Å². The molecule has 100 valence electrons. The van der Waals surface area contributed by atoms with E-state index in [1.54, 1.807) is 0 Å². The topological polar surface area (TPSA) is 49.8 Å². The van der Waals surface area contributed by atoms with Crippen LogP contribution in [-0.2, 0) is 6.54 Å². The first kappa shape index (κ1) is 13.3. The fraction of sp³-hybridized carbons (Fsp3) is 0.333. The summed E-state index contributed by atoms with van der Waals surface area (Å²) in [6.07, 6.45) is 2.98. The molecule has 4 heteroatoms. The Morgan fingerprint density at radius 2 is 1.84 bits per heavy atom. The maximum Gasteiger partial charge on any atom is 0.128 e. The molecule has 0 saturated heterocycles. The molecule has 0 aliphatic rings. The molecule has 0 fully saturated rings. The first-order chi connectivity index (χ1) is 9.28. The quantitative estimate of drug-likeness (QED) is 0.833. The lowest BCUT2D eigenvalue weighted by molar-refractivity contribution is 0.967. The van der Waals surface area contributed by atoms with Crippen LogP contribution in [0.2, 0.25) is 0 Å². The van der Waals surface area contributed by atoms with Crippen molar-refractivity contribution in [3.8, 4) is 0 Å². The fourth-order valence-electron chi connectivity index (χ4n) is 1.68. The Balaban J connectivity index is 1.93. The van der Waals surface area contributed by atoms with E-state index in [9.17, 15) is 0 Å². The molecule has 4 nitrogen and oxygen atoms in total. The highest BCUT2D eigenvalue weighted by Crippen LogP contribution is 2.10. The molecular formula is C15H20N4. The highest BCUT2D eigenvalue weighted by molar-refractivity contribution is 5.45. The standard InChI is InChI=1S/C15H20N4/c1-3-9-16-14-5-4-6-15(19-14)18-11-13-8-7-12(2)17-10-13/h4-8,10H,3,9,11H2,1-2H3,(H2,16,18,19). The van der Waals surface area contributed by atoms with Crippen LogP contribution in [-0.4, -0.2) is 16.5 Å². The van der Waals surface area contributed by atoms with Gasteiger partial charge in [-0.2, -0.15) is 0 Å². The SMILES string of the molecule is CCCNc1cccc(NCc2ccc(C)nc2)n1. The number of pyridine rings is 2. The predicted molar refractivity (Wildman–Crippen MR) is 79.3 cm³/mol. The summed E-state index contributed by atoms with van der Waals surface area (Å²) in [5.74, 6) is 1.79. The summed E-state index contributed by atoms with van der Waals surface area (Å²) < 4.78 is 0. The Hall–Kier alpha value is -2.10. The van der Waals surface area contributed by atoms with Gasteiger partial charge in [-0.05, 0) is 37.1 Å². The minimum absolute atomic E-state index is 0.734. The van der Waals surface area contributed by atoms with Crippen LogP contribution in [0.15, 0.2) is 36.5 Å². The van der Waals surface area contributed by atoms with Crippen molar-refractivity contribution < 1.29 is 0 Å². The zero-order valence-electron chi connectivity index (χ0n) is 11.5. The summed E-state index contributed by atoms with van der Waals surface area (Å²) in [7, 11) is 0. The summed E-state index contributed by atoms with van der Waals surface area (Å²) >= 11 is 0. The maximum absolute atomic E-state index is 4.50. The Morgan fingerprint density at radius 1 is 1.05 bits per heavy atom. The highest BCUT2D eigenvalue weighted by atomic mass is 15.1. The van der Waals surface area contributed by atoms with Gasteiger partial charge in [0, 0.05) is 25.0 Å². The lowest BCUT2D eigenvalue weighted by Gasteiger charge is -2.08. The number of anilines is 2. The number of aromatic nitrogens is 2. The van der Waals surface area contributed by atoms with E-state index in [-0.39, 0.29) is 0 Å². The number of aryl methyl sites for hydroxylation is 1. The van der Waals surface area contributed by atoms with Crippen molar-refractivity contribution in [3.63, 3.8) is 0 Å². The van der Waals surface area contributed by atoms with Gasteiger partial charge in [0.25, 0.3) is 0 Å². The second-order valence-electron chi connectivity index (χ2n) is 4.50. The molecule has 0 aliphatic heterocycles. The summed E-state index contributed by atoms with van der Waals surface area (Å²) in [5, 5.41) is 6.58. The van der Waals surface area contributed by atoms with Crippen LogP contribution in [0.3, 0.4) is 0 Å². The van der Waals surface area contributed by atoms with Crippen molar-refractivity contribution in [2.75, 3.05) is 17.2 Å². The van der Waals surface area contributed by atoms with E-state index in [1.165, 1.54) is 0 Å². The van der Waals surface area contributed by atoms with Gasteiger partial charge in [-0.1, -0.05) is 19.1 Å². The zero-order valence-corrected chi connectivity index (χ0v) is 11.5. The third kappa shape index (κ3) is 4.25. The third-order valence-corrected chi connectivity index (χ3v) is 2.75. The minimum atomic E-state index is 0.734. The van der Waals surface area contributed by atoms with Crippen molar-refractivity contribution in [1.82, 2.24) is 9.97 Å². The monoisotopic (exact) mass is 256 g/mol. The second-order valence-corrected chi connectivity index (χ2v) is 4.50. The van der Waals surface area contributed by atoms with E-state index in [4.69, 9.17) is 0 Å². The van der Waals surface area contributed by atoms with Gasteiger partial charge in [0.15, 0.2) is 0 Å². The molecule has 2 aromatic rings. The summed E-state index contributed by atoms with van der Waals surface area (Å²) in [4.78, 5) is 8.78. The van der Waals surface area contributed by atoms with Gasteiger partial charge in [0.05, 0.1) is 0 Å². The Morgan fingerprint density at radius 3 is 2.53 bits per heavy atom. The van der Waals surface area contributed by atoms with Gasteiger partial charge in [-0.3, -0.25) is 4.98 Å². The minimum Gasteiger partial charge on any atom is -0.370 e. The number of nitrogens with zero attached hydrogens (tertiary/aromatic N) is 2. The molecule has 0 saturated carbocycles. The molecule has 2 N–H and O–H groups in total. The molecule has 19 heavy (non-hydrogen) atoms. The van der Waals surface area contributed by atoms with E-state index >= 15 is 0 Å². The first-order valence-corrected chi connectivity index (χ1v) is 6.64. The van der Waals surface area contributed by atoms with Crippen LogP contribution in [0.25, 0.3) is 0 Å². The van der Waals surface area contributed by atoms with Gasteiger partial charge in [0.1, 0.15) is 11.6 Å². The first-order valence-electron chi connectivity index (χ1n) is 6.64. The highest BCUT2D eigenvalue weighted by Gasteiger charge is 1.98. The lowest BCUT2D eigenvalue weighted by atomic mass is 10.2. The van der Waals surface area contributed by atoms with Crippen molar-refractivity contribution >= 4 is 11.6 Å². The average molecular weight is 256 g/mol.